The van der Waals surface area contributed by atoms with E-state index in [1.807, 2.05) is 22.7 Å². The lowest BCUT2D eigenvalue weighted by molar-refractivity contribution is 0.0776. The lowest BCUT2D eigenvalue weighted by Gasteiger charge is -2.16. The summed E-state index contributed by atoms with van der Waals surface area (Å²) in [6.45, 7) is 10.7. The maximum atomic E-state index is 13.3. The standard InChI is InChI=1S/C27H41NOS2/c1-5-7-9-11-13-15-17-28-19-23-21(4)31-26(25(23)27(28)29)24-18-22(20(3)30-24)16-14-12-10-8-6-2/h18H,5-17,19H2,1-4H3. The van der Waals surface area contributed by atoms with E-state index < -0.39 is 0 Å². The fraction of sp³-hybridized carbons (Fsp3) is 0.667. The highest BCUT2D eigenvalue weighted by Gasteiger charge is 2.34. The second-order valence-electron chi connectivity index (χ2n) is 9.19. The van der Waals surface area contributed by atoms with Crippen molar-refractivity contribution in [2.24, 2.45) is 0 Å². The minimum atomic E-state index is 0.273. The largest absolute Gasteiger partial charge is 0.334 e. The average molecular weight is 460 g/mol. The lowest BCUT2D eigenvalue weighted by atomic mass is 10.1. The first-order valence-corrected chi connectivity index (χ1v) is 14.2. The fourth-order valence-electron chi connectivity index (χ4n) is 4.65. The van der Waals surface area contributed by atoms with Crippen LogP contribution in [0.1, 0.15) is 116 Å². The summed E-state index contributed by atoms with van der Waals surface area (Å²) in [6, 6.07) is 2.38. The molecule has 0 N–H and O–H groups in total. The molecule has 0 bridgehead atoms. The molecule has 1 aliphatic heterocycles. The van der Waals surface area contributed by atoms with Gasteiger partial charge in [-0.05, 0) is 50.3 Å². The fourth-order valence-corrected chi connectivity index (χ4v) is 6.99. The number of amides is 1. The molecule has 0 saturated carbocycles. The Hall–Kier alpha value is -1.13. The van der Waals surface area contributed by atoms with E-state index in [1.54, 1.807) is 0 Å². The molecule has 0 aliphatic carbocycles. The molecule has 0 unspecified atom stereocenters. The molecule has 0 fully saturated rings. The van der Waals surface area contributed by atoms with Crippen LogP contribution in [0.5, 0.6) is 0 Å². The molecule has 0 radical (unpaired) electrons. The van der Waals surface area contributed by atoms with Gasteiger partial charge in [-0.15, -0.1) is 22.7 Å². The number of thiophene rings is 2. The quantitative estimate of drug-likeness (QED) is 0.258. The van der Waals surface area contributed by atoms with Crippen LogP contribution in [0.2, 0.25) is 0 Å². The Labute approximate surface area is 198 Å². The number of carbonyl (C=O) groups excluding carboxylic acids is 1. The molecule has 0 saturated heterocycles. The highest BCUT2D eigenvalue weighted by molar-refractivity contribution is 7.22. The molecule has 172 valence electrons. The van der Waals surface area contributed by atoms with Crippen LogP contribution in [-0.2, 0) is 13.0 Å². The zero-order valence-corrected chi connectivity index (χ0v) is 21.8. The van der Waals surface area contributed by atoms with E-state index in [0.717, 1.165) is 25.1 Å². The number of carbonyl (C=O) groups is 1. The number of unbranched alkanes of at least 4 members (excludes halogenated alkanes) is 9. The van der Waals surface area contributed by atoms with Crippen LogP contribution in [0.4, 0.5) is 0 Å². The number of fused-ring (bicyclic) bond motifs is 1. The molecule has 3 heterocycles. The van der Waals surface area contributed by atoms with Crippen molar-refractivity contribution in [3.8, 4) is 9.75 Å². The summed E-state index contributed by atoms with van der Waals surface area (Å²) in [4.78, 5) is 20.7. The normalized spacial score (nSPS) is 13.4. The van der Waals surface area contributed by atoms with Crippen LogP contribution in [0.15, 0.2) is 6.07 Å². The maximum absolute atomic E-state index is 13.3. The first-order chi connectivity index (χ1) is 15.1. The second kappa shape index (κ2) is 12.2. The van der Waals surface area contributed by atoms with Gasteiger partial charge in [-0.1, -0.05) is 71.6 Å². The zero-order valence-electron chi connectivity index (χ0n) is 20.1. The molecule has 1 amide bonds. The van der Waals surface area contributed by atoms with Gasteiger partial charge >= 0.3 is 0 Å². The molecular weight excluding hydrogens is 418 g/mol. The average Bonchev–Trinajstić information content (AvgIpc) is 3.39. The van der Waals surface area contributed by atoms with E-state index in [1.165, 1.54) is 101 Å². The van der Waals surface area contributed by atoms with E-state index in [-0.39, 0.29) is 5.91 Å². The third-order valence-corrected chi connectivity index (χ3v) is 9.05. The number of hydrogen-bond donors (Lipinski definition) is 0. The van der Waals surface area contributed by atoms with Gasteiger partial charge in [0.2, 0.25) is 0 Å². The molecule has 3 rings (SSSR count). The van der Waals surface area contributed by atoms with Crippen molar-refractivity contribution in [2.45, 2.75) is 111 Å². The van der Waals surface area contributed by atoms with Crippen molar-refractivity contribution in [1.29, 1.82) is 0 Å². The summed E-state index contributed by atoms with van der Waals surface area (Å²) in [5.41, 5.74) is 3.80. The third kappa shape index (κ3) is 6.22. The predicted octanol–water partition coefficient (Wildman–Crippen LogP) is 8.92. The number of nitrogens with zero attached hydrogens (tertiary/aromatic N) is 1. The summed E-state index contributed by atoms with van der Waals surface area (Å²) in [5.74, 6) is 0.273. The van der Waals surface area contributed by atoms with E-state index in [9.17, 15) is 4.79 Å². The van der Waals surface area contributed by atoms with Gasteiger partial charge < -0.3 is 4.90 Å². The highest BCUT2D eigenvalue weighted by atomic mass is 32.1. The van der Waals surface area contributed by atoms with Crippen molar-refractivity contribution in [1.82, 2.24) is 4.90 Å². The van der Waals surface area contributed by atoms with Gasteiger partial charge in [-0.3, -0.25) is 4.79 Å². The Bertz CT molecular complexity index is 848. The van der Waals surface area contributed by atoms with Crippen molar-refractivity contribution in [3.05, 3.63) is 32.5 Å². The lowest BCUT2D eigenvalue weighted by Crippen LogP contribution is -2.25. The van der Waals surface area contributed by atoms with Crippen LogP contribution in [0, 0.1) is 13.8 Å². The Morgan fingerprint density at radius 3 is 2.19 bits per heavy atom. The Kier molecular flexibility index (Phi) is 9.65. The van der Waals surface area contributed by atoms with Crippen molar-refractivity contribution in [3.63, 3.8) is 0 Å². The molecule has 0 atom stereocenters. The first kappa shape index (κ1) is 24.5. The summed E-state index contributed by atoms with van der Waals surface area (Å²) >= 11 is 3.72. The van der Waals surface area contributed by atoms with Crippen molar-refractivity contribution in [2.75, 3.05) is 6.54 Å². The van der Waals surface area contributed by atoms with Crippen LogP contribution in [0.25, 0.3) is 9.75 Å². The summed E-state index contributed by atoms with van der Waals surface area (Å²) in [6.07, 6.45) is 15.4. The van der Waals surface area contributed by atoms with E-state index in [0.29, 0.717) is 0 Å². The first-order valence-electron chi connectivity index (χ1n) is 12.6. The second-order valence-corrected chi connectivity index (χ2v) is 11.7. The van der Waals surface area contributed by atoms with E-state index in [2.05, 4.69) is 38.7 Å². The van der Waals surface area contributed by atoms with Crippen LogP contribution in [0.3, 0.4) is 0 Å². The molecule has 0 spiro atoms. The summed E-state index contributed by atoms with van der Waals surface area (Å²) < 4.78 is 0. The maximum Gasteiger partial charge on any atom is 0.256 e. The minimum absolute atomic E-state index is 0.273. The van der Waals surface area contributed by atoms with Gasteiger partial charge in [0, 0.05) is 27.7 Å². The number of aryl methyl sites for hydroxylation is 3. The van der Waals surface area contributed by atoms with Crippen molar-refractivity contribution < 1.29 is 4.79 Å². The van der Waals surface area contributed by atoms with Gasteiger partial charge in [-0.2, -0.15) is 0 Å². The molecule has 1 aliphatic rings. The summed E-state index contributed by atoms with van der Waals surface area (Å²) in [5, 5.41) is 0. The van der Waals surface area contributed by atoms with Gasteiger partial charge in [0.25, 0.3) is 5.91 Å². The highest BCUT2D eigenvalue weighted by Crippen LogP contribution is 2.44. The van der Waals surface area contributed by atoms with Gasteiger partial charge in [-0.25, -0.2) is 0 Å². The van der Waals surface area contributed by atoms with Gasteiger partial charge in [0.05, 0.1) is 10.4 Å². The predicted molar refractivity (Wildman–Crippen MR) is 138 cm³/mol. The van der Waals surface area contributed by atoms with Gasteiger partial charge in [0.1, 0.15) is 0 Å². The molecule has 2 nitrogen and oxygen atoms in total. The van der Waals surface area contributed by atoms with E-state index >= 15 is 0 Å². The van der Waals surface area contributed by atoms with Crippen LogP contribution >= 0.6 is 22.7 Å². The topological polar surface area (TPSA) is 20.3 Å². The Morgan fingerprint density at radius 2 is 1.48 bits per heavy atom. The number of rotatable bonds is 14. The Balaban J connectivity index is 1.62. The van der Waals surface area contributed by atoms with Crippen LogP contribution in [-0.4, -0.2) is 17.4 Å². The molecule has 31 heavy (non-hydrogen) atoms. The third-order valence-electron chi connectivity index (χ3n) is 6.63. The smallest absolute Gasteiger partial charge is 0.256 e. The Morgan fingerprint density at radius 1 is 0.839 bits per heavy atom. The van der Waals surface area contributed by atoms with E-state index in [4.69, 9.17) is 0 Å². The molecule has 0 aromatic carbocycles. The van der Waals surface area contributed by atoms with Gasteiger partial charge in [0.15, 0.2) is 0 Å². The van der Waals surface area contributed by atoms with Crippen molar-refractivity contribution >= 4 is 28.6 Å². The SMILES string of the molecule is CCCCCCCCN1Cc2c(C)sc(-c3cc(CCCCCCC)c(C)s3)c2C1=O. The molecule has 2 aromatic heterocycles. The molecule has 2 aromatic rings. The number of hydrogen-bond acceptors (Lipinski definition) is 3. The monoisotopic (exact) mass is 459 g/mol. The molecular formula is C27H41NOS2. The summed E-state index contributed by atoms with van der Waals surface area (Å²) in [7, 11) is 0. The zero-order chi connectivity index (χ0) is 22.2. The molecule has 4 heteroatoms. The van der Waals surface area contributed by atoms with Crippen LogP contribution < -0.4 is 0 Å². The minimum Gasteiger partial charge on any atom is -0.334 e.